The van der Waals surface area contributed by atoms with Crippen LogP contribution in [0.4, 0.5) is 5.69 Å². The fourth-order valence-corrected chi connectivity index (χ4v) is 2.70. The minimum atomic E-state index is -1.53. The molecule has 0 saturated heterocycles. The Balaban J connectivity index is 2.07. The molecule has 114 valence electrons. The molecule has 0 amide bonds. The van der Waals surface area contributed by atoms with Crippen molar-refractivity contribution in [2.75, 3.05) is 0 Å². The van der Waals surface area contributed by atoms with Crippen LogP contribution >= 0.6 is 0 Å². The lowest BCUT2D eigenvalue weighted by atomic mass is 9.93. The molecule has 0 saturated carbocycles. The highest BCUT2D eigenvalue weighted by molar-refractivity contribution is 6.38. The fourth-order valence-electron chi connectivity index (χ4n) is 2.70. The number of aryl methyl sites for hydroxylation is 1. The first kappa shape index (κ1) is 14.8. The lowest BCUT2D eigenvalue weighted by Crippen LogP contribution is -2.25. The van der Waals surface area contributed by atoms with E-state index in [4.69, 9.17) is 0 Å². The first-order valence-corrected chi connectivity index (χ1v) is 6.88. The summed E-state index contributed by atoms with van der Waals surface area (Å²) in [7, 11) is 0. The maximum absolute atomic E-state index is 12.5. The van der Waals surface area contributed by atoms with Crippen molar-refractivity contribution in [1.82, 2.24) is 0 Å². The van der Waals surface area contributed by atoms with E-state index in [2.05, 4.69) is 0 Å². The van der Waals surface area contributed by atoms with Crippen LogP contribution in [0, 0.1) is 23.0 Å². The summed E-state index contributed by atoms with van der Waals surface area (Å²) in [6.07, 6.45) is 0. The fraction of sp³-hybridized carbons (Fsp3) is 0.118. The Morgan fingerprint density at radius 1 is 1.04 bits per heavy atom. The van der Waals surface area contributed by atoms with E-state index in [0.29, 0.717) is 0 Å². The zero-order valence-electron chi connectivity index (χ0n) is 12.1. The van der Waals surface area contributed by atoms with Gasteiger partial charge in [0.1, 0.15) is 11.5 Å². The number of hydrogen-bond donors (Lipinski definition) is 0. The molecule has 0 N–H and O–H groups in total. The smallest absolute Gasteiger partial charge is 0.280 e. The highest BCUT2D eigenvalue weighted by atomic mass is 16.6. The molecule has 0 spiro atoms. The van der Waals surface area contributed by atoms with Crippen LogP contribution < -0.4 is 0 Å². The van der Waals surface area contributed by atoms with Gasteiger partial charge in [-0.15, -0.1) is 0 Å². The molecular weight excluding hydrogens is 298 g/mol. The molecule has 2 aromatic rings. The summed E-state index contributed by atoms with van der Waals surface area (Å²) in [5.74, 6) is -3.65. The quantitative estimate of drug-likeness (QED) is 0.376. The van der Waals surface area contributed by atoms with E-state index in [1.807, 2.05) is 6.92 Å². The first-order chi connectivity index (χ1) is 10.9. The minimum Gasteiger partial charge on any atom is -0.293 e. The molecule has 2 aromatic carbocycles. The normalized spacial score (nSPS) is 16.3. The van der Waals surface area contributed by atoms with Gasteiger partial charge in [-0.3, -0.25) is 24.5 Å². The van der Waals surface area contributed by atoms with E-state index >= 15 is 0 Å². The SMILES string of the molecule is Cc1ccc(C(=O)C2C(=O)c3cccc([N+](=O)[O-])c3C2=O)cc1. The van der Waals surface area contributed by atoms with Crippen LogP contribution in [-0.2, 0) is 0 Å². The van der Waals surface area contributed by atoms with Crippen molar-refractivity contribution < 1.29 is 19.3 Å². The Hall–Kier alpha value is -3.15. The van der Waals surface area contributed by atoms with Gasteiger partial charge < -0.3 is 0 Å². The molecule has 0 aliphatic heterocycles. The lowest BCUT2D eigenvalue weighted by Gasteiger charge is -2.06. The molecule has 1 atom stereocenters. The van der Waals surface area contributed by atoms with Crippen molar-refractivity contribution in [1.29, 1.82) is 0 Å². The largest absolute Gasteiger partial charge is 0.293 e. The molecule has 3 rings (SSSR count). The van der Waals surface area contributed by atoms with Crippen LogP contribution in [0.2, 0.25) is 0 Å². The molecule has 23 heavy (non-hydrogen) atoms. The predicted molar refractivity (Wildman–Crippen MR) is 80.8 cm³/mol. The van der Waals surface area contributed by atoms with Gasteiger partial charge >= 0.3 is 0 Å². The number of fused-ring (bicyclic) bond motifs is 1. The summed E-state index contributed by atoms with van der Waals surface area (Å²) in [6.45, 7) is 1.85. The van der Waals surface area contributed by atoms with E-state index in [9.17, 15) is 24.5 Å². The lowest BCUT2D eigenvalue weighted by molar-refractivity contribution is -0.385. The van der Waals surface area contributed by atoms with Crippen LogP contribution in [0.15, 0.2) is 42.5 Å². The molecular formula is C17H11NO5. The molecule has 0 heterocycles. The zero-order valence-corrected chi connectivity index (χ0v) is 12.1. The maximum atomic E-state index is 12.5. The summed E-state index contributed by atoms with van der Waals surface area (Å²) in [6, 6.07) is 10.3. The molecule has 0 fully saturated rings. The molecule has 0 bridgehead atoms. The number of nitro benzene ring substituents is 1. The number of carbonyl (C=O) groups excluding carboxylic acids is 3. The van der Waals surface area contributed by atoms with Crippen LogP contribution in [0.1, 0.15) is 36.6 Å². The van der Waals surface area contributed by atoms with Gasteiger partial charge in [0.05, 0.1) is 4.92 Å². The first-order valence-electron chi connectivity index (χ1n) is 6.88. The molecule has 1 aliphatic rings. The number of nitrogens with zero attached hydrogens (tertiary/aromatic N) is 1. The van der Waals surface area contributed by atoms with Crippen molar-refractivity contribution in [3.8, 4) is 0 Å². The number of Topliss-reactive ketones (excluding diaryl/α,β-unsaturated/α-hetero) is 3. The Labute approximate surface area is 130 Å². The second-order valence-corrected chi connectivity index (χ2v) is 5.35. The Kier molecular flexibility index (Phi) is 3.37. The third-order valence-electron chi connectivity index (χ3n) is 3.87. The predicted octanol–water partition coefficient (Wildman–Crippen LogP) is 2.78. The third-order valence-corrected chi connectivity index (χ3v) is 3.87. The standard InChI is InChI=1S/C17H11NO5/c1-9-5-7-10(8-6-9)15(19)14-16(20)11-3-2-4-12(18(22)23)13(11)17(14)21/h2-8,14H,1H3. The second-order valence-electron chi connectivity index (χ2n) is 5.35. The number of ketones is 3. The van der Waals surface area contributed by atoms with Gasteiger partial charge in [-0.25, -0.2) is 0 Å². The summed E-state index contributed by atoms with van der Waals surface area (Å²) in [4.78, 5) is 47.7. The highest BCUT2D eigenvalue weighted by Crippen LogP contribution is 2.35. The monoisotopic (exact) mass is 309 g/mol. The summed E-state index contributed by atoms with van der Waals surface area (Å²) >= 11 is 0. The molecule has 6 nitrogen and oxygen atoms in total. The average molecular weight is 309 g/mol. The van der Waals surface area contributed by atoms with E-state index < -0.39 is 33.9 Å². The molecule has 1 aliphatic carbocycles. The number of benzene rings is 2. The molecule has 6 heteroatoms. The van der Waals surface area contributed by atoms with E-state index in [0.717, 1.165) is 11.6 Å². The third kappa shape index (κ3) is 2.24. The number of hydrogen-bond acceptors (Lipinski definition) is 5. The number of rotatable bonds is 3. The van der Waals surface area contributed by atoms with Crippen molar-refractivity contribution in [3.63, 3.8) is 0 Å². The van der Waals surface area contributed by atoms with Crippen molar-refractivity contribution in [3.05, 3.63) is 74.8 Å². The van der Waals surface area contributed by atoms with Crippen molar-refractivity contribution in [2.24, 2.45) is 5.92 Å². The van der Waals surface area contributed by atoms with Crippen LogP contribution in [-0.4, -0.2) is 22.3 Å². The Morgan fingerprint density at radius 2 is 1.70 bits per heavy atom. The van der Waals surface area contributed by atoms with Crippen molar-refractivity contribution >= 4 is 23.0 Å². The topological polar surface area (TPSA) is 94.3 Å². The summed E-state index contributed by atoms with van der Waals surface area (Å²) in [5, 5.41) is 11.1. The van der Waals surface area contributed by atoms with E-state index in [-0.39, 0.29) is 16.7 Å². The van der Waals surface area contributed by atoms with Crippen LogP contribution in [0.3, 0.4) is 0 Å². The van der Waals surface area contributed by atoms with Gasteiger partial charge in [0.15, 0.2) is 17.3 Å². The average Bonchev–Trinajstić information content (AvgIpc) is 2.79. The molecule has 0 aromatic heterocycles. The van der Waals surface area contributed by atoms with Gasteiger partial charge in [0.2, 0.25) is 0 Å². The highest BCUT2D eigenvalue weighted by Gasteiger charge is 2.47. The molecule has 1 unspecified atom stereocenters. The summed E-state index contributed by atoms with van der Waals surface area (Å²) < 4.78 is 0. The van der Waals surface area contributed by atoms with Crippen LogP contribution in [0.25, 0.3) is 0 Å². The van der Waals surface area contributed by atoms with E-state index in [1.54, 1.807) is 12.1 Å². The maximum Gasteiger partial charge on any atom is 0.280 e. The van der Waals surface area contributed by atoms with Gasteiger partial charge in [-0.2, -0.15) is 0 Å². The number of carbonyl (C=O) groups is 3. The van der Waals surface area contributed by atoms with Crippen molar-refractivity contribution in [2.45, 2.75) is 6.92 Å². The summed E-state index contributed by atoms with van der Waals surface area (Å²) in [5.41, 5.74) is 0.394. The van der Waals surface area contributed by atoms with Gasteiger partial charge in [-0.1, -0.05) is 42.0 Å². The molecule has 0 radical (unpaired) electrons. The zero-order chi connectivity index (χ0) is 16.7. The Morgan fingerprint density at radius 3 is 2.30 bits per heavy atom. The Bertz CT molecular complexity index is 867. The van der Waals surface area contributed by atoms with Gasteiger partial charge in [0.25, 0.3) is 5.69 Å². The second kappa shape index (κ2) is 5.24. The van der Waals surface area contributed by atoms with Gasteiger partial charge in [0, 0.05) is 17.2 Å². The van der Waals surface area contributed by atoms with Crippen LogP contribution in [0.5, 0.6) is 0 Å². The minimum absolute atomic E-state index is 0.0605. The van der Waals surface area contributed by atoms with Gasteiger partial charge in [-0.05, 0) is 6.92 Å². The van der Waals surface area contributed by atoms with E-state index in [1.165, 1.54) is 24.3 Å². The number of nitro groups is 1.